The molecule has 3 amide bonds. The van der Waals surface area contributed by atoms with Crippen molar-refractivity contribution in [1.82, 2.24) is 10.6 Å². The van der Waals surface area contributed by atoms with Crippen LogP contribution in [0.1, 0.15) is 58.9 Å². The van der Waals surface area contributed by atoms with E-state index in [1.807, 2.05) is 20.8 Å². The molecule has 2 atom stereocenters. The van der Waals surface area contributed by atoms with E-state index in [1.165, 1.54) is 0 Å². The summed E-state index contributed by atoms with van der Waals surface area (Å²) < 4.78 is 5.06. The Morgan fingerprint density at radius 3 is 2.27 bits per heavy atom. The highest BCUT2D eigenvalue weighted by Crippen LogP contribution is 2.18. The highest BCUT2D eigenvalue weighted by Gasteiger charge is 2.27. The smallest absolute Gasteiger partial charge is 0.407 e. The zero-order valence-corrected chi connectivity index (χ0v) is 20.1. The number of rotatable bonds is 14. The first kappa shape index (κ1) is 28.1. The number of hydrogen-bond donors (Lipinski definition) is 4. The average molecular weight is 463 g/mol. The summed E-state index contributed by atoms with van der Waals surface area (Å²) in [5, 5.41) is 7.98. The van der Waals surface area contributed by atoms with Gasteiger partial charge in [-0.3, -0.25) is 14.4 Å². The van der Waals surface area contributed by atoms with Crippen molar-refractivity contribution in [1.29, 1.82) is 0 Å². The normalized spacial score (nSPS) is 12.5. The molecule has 1 aromatic rings. The fourth-order valence-corrected chi connectivity index (χ4v) is 3.05. The molecule has 1 aromatic carbocycles. The summed E-state index contributed by atoms with van der Waals surface area (Å²) in [4.78, 5) is 48.8. The van der Waals surface area contributed by atoms with E-state index in [9.17, 15) is 19.2 Å². The van der Waals surface area contributed by atoms with Crippen LogP contribution in [0, 0.1) is 11.8 Å². The van der Waals surface area contributed by atoms with E-state index in [0.29, 0.717) is 25.2 Å². The van der Waals surface area contributed by atoms with Gasteiger partial charge in [0.15, 0.2) is 0 Å². The van der Waals surface area contributed by atoms with Crippen LogP contribution in [0.25, 0.3) is 0 Å². The van der Waals surface area contributed by atoms with Crippen LogP contribution in [-0.2, 0) is 25.7 Å². The second kappa shape index (κ2) is 15.0. The van der Waals surface area contributed by atoms with E-state index >= 15 is 0 Å². The second-order valence-electron chi connectivity index (χ2n) is 8.40. The van der Waals surface area contributed by atoms with Gasteiger partial charge in [0, 0.05) is 37.5 Å². The Morgan fingerprint density at radius 1 is 1.03 bits per heavy atom. The molecule has 0 aliphatic carbocycles. The first-order chi connectivity index (χ1) is 15.7. The summed E-state index contributed by atoms with van der Waals surface area (Å²) in [6.45, 7) is 8.18. The summed E-state index contributed by atoms with van der Waals surface area (Å²) >= 11 is 0. The van der Waals surface area contributed by atoms with Gasteiger partial charge in [-0.2, -0.15) is 0 Å². The lowest BCUT2D eigenvalue weighted by molar-refractivity contribution is -0.133. The van der Waals surface area contributed by atoms with E-state index in [2.05, 4.69) is 16.0 Å². The quantitative estimate of drug-likeness (QED) is 0.335. The molecule has 0 bridgehead atoms. The SMILES string of the molecule is CCCCC(=O)C[C@H](C(=O)N[C@@H](C)C(=O)Nc1ccc(COC(=O)NCCN)cc1)C(C)C. The van der Waals surface area contributed by atoms with Crippen LogP contribution >= 0.6 is 0 Å². The van der Waals surface area contributed by atoms with E-state index in [-0.39, 0.29) is 36.5 Å². The van der Waals surface area contributed by atoms with Gasteiger partial charge in [-0.1, -0.05) is 39.3 Å². The van der Waals surface area contributed by atoms with Crippen molar-refractivity contribution in [2.75, 3.05) is 18.4 Å². The summed E-state index contributed by atoms with van der Waals surface area (Å²) in [5.41, 5.74) is 6.61. The van der Waals surface area contributed by atoms with Gasteiger partial charge >= 0.3 is 6.09 Å². The molecule has 1 rings (SSSR count). The molecule has 0 fully saturated rings. The number of hydrogen-bond acceptors (Lipinski definition) is 6. The molecule has 0 heterocycles. The fourth-order valence-electron chi connectivity index (χ4n) is 3.05. The van der Waals surface area contributed by atoms with Gasteiger partial charge in [0.05, 0.1) is 0 Å². The molecule has 0 radical (unpaired) electrons. The predicted molar refractivity (Wildman–Crippen MR) is 127 cm³/mol. The Morgan fingerprint density at radius 2 is 1.70 bits per heavy atom. The molecule has 33 heavy (non-hydrogen) atoms. The number of ether oxygens (including phenoxy) is 1. The zero-order chi connectivity index (χ0) is 24.8. The lowest BCUT2D eigenvalue weighted by Gasteiger charge is -2.22. The molecule has 0 aromatic heterocycles. The molecule has 0 aliphatic heterocycles. The number of alkyl carbamates (subject to hydrolysis) is 1. The van der Waals surface area contributed by atoms with Crippen LogP contribution in [0.3, 0.4) is 0 Å². The Bertz CT molecular complexity index is 780. The molecule has 9 nitrogen and oxygen atoms in total. The molecule has 0 spiro atoms. The highest BCUT2D eigenvalue weighted by atomic mass is 16.5. The molecular weight excluding hydrogens is 424 g/mol. The molecule has 0 saturated heterocycles. The van der Waals surface area contributed by atoms with Gasteiger partial charge in [-0.05, 0) is 37.0 Å². The minimum Gasteiger partial charge on any atom is -0.445 e. The maximum atomic E-state index is 12.7. The maximum Gasteiger partial charge on any atom is 0.407 e. The third-order valence-electron chi connectivity index (χ3n) is 5.16. The van der Waals surface area contributed by atoms with Crippen LogP contribution < -0.4 is 21.7 Å². The van der Waals surface area contributed by atoms with Gasteiger partial charge in [0.2, 0.25) is 11.8 Å². The molecular formula is C24H38N4O5. The third kappa shape index (κ3) is 11.0. The van der Waals surface area contributed by atoms with Crippen LogP contribution in [0.15, 0.2) is 24.3 Å². The minimum absolute atomic E-state index is 0.0158. The Labute approximate surface area is 196 Å². The standard InChI is InChI=1S/C24H38N4O5/c1-5-6-7-20(29)14-21(16(2)3)23(31)27-17(4)22(30)28-19-10-8-18(9-11-19)15-33-24(32)26-13-12-25/h8-11,16-17,21H,5-7,12-15,25H2,1-4H3,(H,26,32)(H,27,31)(H,28,30)/t17-,21-/m0/s1. The van der Waals surface area contributed by atoms with Crippen LogP contribution in [-0.4, -0.2) is 42.8 Å². The lowest BCUT2D eigenvalue weighted by atomic mass is 9.88. The van der Waals surface area contributed by atoms with Gasteiger partial charge in [0.25, 0.3) is 0 Å². The summed E-state index contributed by atoms with van der Waals surface area (Å²) in [6, 6.07) is 6.06. The summed E-state index contributed by atoms with van der Waals surface area (Å²) in [6.07, 6.45) is 1.86. The molecule has 0 unspecified atom stereocenters. The van der Waals surface area contributed by atoms with Crippen LogP contribution in [0.4, 0.5) is 10.5 Å². The van der Waals surface area contributed by atoms with Gasteiger partial charge < -0.3 is 26.4 Å². The first-order valence-electron chi connectivity index (χ1n) is 11.5. The maximum absolute atomic E-state index is 12.7. The van der Waals surface area contributed by atoms with Crippen molar-refractivity contribution >= 4 is 29.4 Å². The van der Waals surface area contributed by atoms with Crippen molar-refractivity contribution in [2.24, 2.45) is 17.6 Å². The van der Waals surface area contributed by atoms with Gasteiger partial charge in [-0.15, -0.1) is 0 Å². The van der Waals surface area contributed by atoms with Crippen LogP contribution in [0.5, 0.6) is 0 Å². The van der Waals surface area contributed by atoms with E-state index in [1.54, 1.807) is 31.2 Å². The number of nitrogens with one attached hydrogen (secondary N) is 3. The minimum atomic E-state index is -0.765. The summed E-state index contributed by atoms with van der Waals surface area (Å²) in [7, 11) is 0. The van der Waals surface area contributed by atoms with Crippen molar-refractivity contribution in [3.8, 4) is 0 Å². The topological polar surface area (TPSA) is 140 Å². The lowest BCUT2D eigenvalue weighted by Crippen LogP contribution is -2.45. The van der Waals surface area contributed by atoms with Crippen molar-refractivity contribution in [3.63, 3.8) is 0 Å². The van der Waals surface area contributed by atoms with Crippen molar-refractivity contribution < 1.29 is 23.9 Å². The van der Waals surface area contributed by atoms with Crippen LogP contribution in [0.2, 0.25) is 0 Å². The number of carbonyl (C=O) groups excluding carboxylic acids is 4. The van der Waals surface area contributed by atoms with E-state index in [0.717, 1.165) is 18.4 Å². The number of amides is 3. The Kier molecular flexibility index (Phi) is 12.8. The number of benzene rings is 1. The molecule has 5 N–H and O–H groups in total. The monoisotopic (exact) mass is 462 g/mol. The fraction of sp³-hybridized carbons (Fsp3) is 0.583. The van der Waals surface area contributed by atoms with Gasteiger partial charge in [0.1, 0.15) is 18.4 Å². The molecule has 184 valence electrons. The number of unbranched alkanes of at least 4 members (excludes halogenated alkanes) is 1. The average Bonchev–Trinajstić information content (AvgIpc) is 2.78. The first-order valence-corrected chi connectivity index (χ1v) is 11.5. The number of anilines is 1. The van der Waals surface area contributed by atoms with Crippen molar-refractivity contribution in [2.45, 2.75) is 66.0 Å². The third-order valence-corrected chi connectivity index (χ3v) is 5.16. The van der Waals surface area contributed by atoms with E-state index < -0.39 is 18.1 Å². The Balaban J connectivity index is 2.56. The number of nitrogens with two attached hydrogens (primary N) is 1. The van der Waals surface area contributed by atoms with Gasteiger partial charge in [-0.25, -0.2) is 4.79 Å². The number of carbonyl (C=O) groups is 4. The summed E-state index contributed by atoms with van der Waals surface area (Å²) in [5.74, 6) is -1.07. The molecule has 0 saturated carbocycles. The molecule has 9 heteroatoms. The highest BCUT2D eigenvalue weighted by molar-refractivity contribution is 5.97. The Hall–Kier alpha value is -2.94. The largest absolute Gasteiger partial charge is 0.445 e. The van der Waals surface area contributed by atoms with E-state index in [4.69, 9.17) is 10.5 Å². The number of Topliss-reactive ketones (excluding diaryl/α,β-unsaturated/α-hetero) is 1. The zero-order valence-electron chi connectivity index (χ0n) is 20.1. The van der Waals surface area contributed by atoms with Crippen molar-refractivity contribution in [3.05, 3.63) is 29.8 Å². The second-order valence-corrected chi connectivity index (χ2v) is 8.40. The number of ketones is 1. The molecule has 0 aliphatic rings. The predicted octanol–water partition coefficient (Wildman–Crippen LogP) is 2.74.